The molecule has 2 aromatic carbocycles. The van der Waals surface area contributed by atoms with E-state index in [4.69, 9.17) is 0 Å². The van der Waals surface area contributed by atoms with Crippen LogP contribution in [-0.4, -0.2) is 33.5 Å². The van der Waals surface area contributed by atoms with Crippen LogP contribution in [-0.2, 0) is 16.0 Å². The maximum absolute atomic E-state index is 13.0. The van der Waals surface area contributed by atoms with E-state index in [-0.39, 0.29) is 6.42 Å². The van der Waals surface area contributed by atoms with Crippen molar-refractivity contribution in [1.82, 2.24) is 0 Å². The van der Waals surface area contributed by atoms with Gasteiger partial charge >= 0.3 is 0 Å². The van der Waals surface area contributed by atoms with E-state index >= 15 is 0 Å². The van der Waals surface area contributed by atoms with E-state index in [0.29, 0.717) is 11.8 Å². The van der Waals surface area contributed by atoms with E-state index < -0.39 is 22.9 Å². The Hall–Kier alpha value is -2.30. The third-order valence-electron chi connectivity index (χ3n) is 4.14. The van der Waals surface area contributed by atoms with Crippen LogP contribution in [0.3, 0.4) is 0 Å². The lowest BCUT2D eigenvalue weighted by Crippen LogP contribution is -2.49. The van der Waals surface area contributed by atoms with E-state index in [2.05, 4.69) is 0 Å². The Morgan fingerprint density at radius 3 is 2.00 bits per heavy atom. The lowest BCUT2D eigenvalue weighted by Gasteiger charge is -2.33. The van der Waals surface area contributed by atoms with Gasteiger partial charge in [0.25, 0.3) is 0 Å². The van der Waals surface area contributed by atoms with Gasteiger partial charge < -0.3 is 15.0 Å². The van der Waals surface area contributed by atoms with Gasteiger partial charge in [0, 0.05) is 6.42 Å². The van der Waals surface area contributed by atoms with Gasteiger partial charge in [-0.2, -0.15) is 0 Å². The van der Waals surface area contributed by atoms with Crippen molar-refractivity contribution in [3.8, 4) is 0 Å². The zero-order valence-electron chi connectivity index (χ0n) is 13.8. The molecule has 0 saturated carbocycles. The Balaban J connectivity index is 2.38. The van der Waals surface area contributed by atoms with Crippen molar-refractivity contribution in [2.45, 2.75) is 37.4 Å². The Labute approximate surface area is 141 Å². The number of hydrogen-bond acceptors (Lipinski definition) is 4. The molecule has 2 N–H and O–H groups in total. The van der Waals surface area contributed by atoms with Gasteiger partial charge in [-0.25, -0.2) is 0 Å². The Bertz CT molecular complexity index is 690. The first kappa shape index (κ1) is 18.0. The molecule has 4 heteroatoms. The second kappa shape index (κ2) is 7.07. The number of hydrogen-bond donors (Lipinski definition) is 2. The van der Waals surface area contributed by atoms with E-state index in [1.165, 1.54) is 13.8 Å². The fraction of sp³-hybridized carbons (Fsp3) is 0.300. The summed E-state index contributed by atoms with van der Waals surface area (Å²) in [6, 6.07) is 17.7. The molecule has 0 aliphatic carbocycles. The number of aldehydes is 1. The second-order valence-electron chi connectivity index (χ2n) is 6.49. The molecule has 0 spiro atoms. The van der Waals surface area contributed by atoms with Crippen LogP contribution in [0.5, 0.6) is 0 Å². The lowest BCUT2D eigenvalue weighted by molar-refractivity contribution is -0.146. The third-order valence-corrected chi connectivity index (χ3v) is 4.14. The summed E-state index contributed by atoms with van der Waals surface area (Å²) in [6.45, 7) is 2.70. The van der Waals surface area contributed by atoms with E-state index in [1.807, 2.05) is 30.3 Å². The van der Waals surface area contributed by atoms with Gasteiger partial charge in [-0.3, -0.25) is 4.79 Å². The first-order valence-corrected chi connectivity index (χ1v) is 7.82. The molecule has 2 rings (SSSR count). The third kappa shape index (κ3) is 3.96. The van der Waals surface area contributed by atoms with Crippen molar-refractivity contribution in [2.24, 2.45) is 0 Å². The fourth-order valence-electron chi connectivity index (χ4n) is 2.86. The van der Waals surface area contributed by atoms with E-state index in [0.717, 1.165) is 5.56 Å². The maximum Gasteiger partial charge on any atom is 0.175 e. The molecule has 0 aliphatic heterocycles. The molecular formula is C20H22O4. The Morgan fingerprint density at radius 2 is 1.50 bits per heavy atom. The summed E-state index contributed by atoms with van der Waals surface area (Å²) in [5.74, 6) is -1.73. The molecule has 0 heterocycles. The predicted molar refractivity (Wildman–Crippen MR) is 91.6 cm³/mol. The standard InChI is InChI=1S/C20H22O4/c1-19(23,13-15-9-5-3-6-10-15)18(22)17(20(2,24)14-21)16-11-7-4-8-12-16/h3-12,14,17,23-24H,13H2,1-2H3. The maximum atomic E-state index is 13.0. The van der Waals surface area contributed by atoms with Crippen LogP contribution < -0.4 is 0 Å². The number of Topliss-reactive ketones (excluding diaryl/α,β-unsaturated/α-hetero) is 1. The molecule has 0 aliphatic rings. The molecule has 2 aromatic rings. The predicted octanol–water partition coefficient (Wildman–Crippen LogP) is 2.28. The summed E-state index contributed by atoms with van der Waals surface area (Å²) in [5, 5.41) is 21.2. The molecule has 3 unspecified atom stereocenters. The lowest BCUT2D eigenvalue weighted by atomic mass is 9.74. The van der Waals surface area contributed by atoms with Gasteiger partial charge in [0.1, 0.15) is 11.2 Å². The first-order chi connectivity index (χ1) is 11.3. The topological polar surface area (TPSA) is 74.6 Å². The van der Waals surface area contributed by atoms with Crippen LogP contribution >= 0.6 is 0 Å². The fourth-order valence-corrected chi connectivity index (χ4v) is 2.86. The average Bonchev–Trinajstić information content (AvgIpc) is 2.56. The Kier molecular flexibility index (Phi) is 5.32. The molecule has 0 amide bonds. The van der Waals surface area contributed by atoms with Gasteiger partial charge in [-0.1, -0.05) is 60.7 Å². The van der Waals surface area contributed by atoms with E-state index in [1.54, 1.807) is 30.3 Å². The van der Waals surface area contributed by atoms with E-state index in [9.17, 15) is 19.8 Å². The van der Waals surface area contributed by atoms with Crippen LogP contribution in [0.15, 0.2) is 60.7 Å². The van der Waals surface area contributed by atoms with Crippen LogP contribution in [0.25, 0.3) is 0 Å². The molecule has 4 nitrogen and oxygen atoms in total. The van der Waals surface area contributed by atoms with Crippen molar-refractivity contribution in [1.29, 1.82) is 0 Å². The van der Waals surface area contributed by atoms with Gasteiger partial charge in [-0.15, -0.1) is 0 Å². The number of rotatable bonds is 7. The number of benzene rings is 2. The minimum Gasteiger partial charge on any atom is -0.382 e. The smallest absolute Gasteiger partial charge is 0.175 e. The minimum atomic E-state index is -1.90. The van der Waals surface area contributed by atoms with Crippen molar-refractivity contribution in [3.63, 3.8) is 0 Å². The van der Waals surface area contributed by atoms with Crippen molar-refractivity contribution < 1.29 is 19.8 Å². The molecule has 0 radical (unpaired) electrons. The molecule has 24 heavy (non-hydrogen) atoms. The zero-order valence-corrected chi connectivity index (χ0v) is 13.8. The van der Waals surface area contributed by atoms with Crippen LogP contribution in [0, 0.1) is 0 Å². The summed E-state index contributed by atoms with van der Waals surface area (Å²) in [6.07, 6.45) is 0.451. The first-order valence-electron chi connectivity index (χ1n) is 7.82. The largest absolute Gasteiger partial charge is 0.382 e. The van der Waals surface area contributed by atoms with Crippen molar-refractivity contribution in [3.05, 3.63) is 71.8 Å². The second-order valence-corrected chi connectivity index (χ2v) is 6.49. The number of carbonyl (C=O) groups excluding carboxylic acids is 2. The van der Waals surface area contributed by atoms with Crippen molar-refractivity contribution in [2.75, 3.05) is 0 Å². The highest BCUT2D eigenvalue weighted by atomic mass is 16.3. The van der Waals surface area contributed by atoms with Gasteiger partial charge in [0.2, 0.25) is 0 Å². The molecular weight excluding hydrogens is 304 g/mol. The summed E-state index contributed by atoms with van der Waals surface area (Å²) in [4.78, 5) is 24.4. The number of carbonyl (C=O) groups is 2. The average molecular weight is 326 g/mol. The van der Waals surface area contributed by atoms with Crippen LogP contribution in [0.1, 0.15) is 30.9 Å². The normalized spacial score (nSPS) is 17.3. The monoisotopic (exact) mass is 326 g/mol. The summed E-state index contributed by atoms with van der Waals surface area (Å²) >= 11 is 0. The highest BCUT2D eigenvalue weighted by Gasteiger charge is 2.45. The van der Waals surface area contributed by atoms with Crippen LogP contribution in [0.2, 0.25) is 0 Å². The SMILES string of the molecule is CC(O)(Cc1ccccc1)C(=O)C(c1ccccc1)C(C)(O)C=O. The zero-order chi connectivity index (χ0) is 17.8. The molecule has 0 bridgehead atoms. The number of aliphatic hydroxyl groups is 2. The minimum absolute atomic E-state index is 0.102. The van der Waals surface area contributed by atoms with Gasteiger partial charge in [0.15, 0.2) is 12.1 Å². The quantitative estimate of drug-likeness (QED) is 0.766. The summed E-state index contributed by atoms with van der Waals surface area (Å²) in [5.41, 5.74) is -2.32. The summed E-state index contributed by atoms with van der Waals surface area (Å²) in [7, 11) is 0. The summed E-state index contributed by atoms with van der Waals surface area (Å²) < 4.78 is 0. The molecule has 126 valence electrons. The Morgan fingerprint density at radius 1 is 1.00 bits per heavy atom. The van der Waals surface area contributed by atoms with Crippen LogP contribution in [0.4, 0.5) is 0 Å². The molecule has 0 fully saturated rings. The van der Waals surface area contributed by atoms with Gasteiger partial charge in [-0.05, 0) is 25.0 Å². The molecule has 3 atom stereocenters. The van der Waals surface area contributed by atoms with Crippen molar-refractivity contribution >= 4 is 12.1 Å². The molecule has 0 saturated heterocycles. The highest BCUT2D eigenvalue weighted by Crippen LogP contribution is 2.33. The molecule has 0 aromatic heterocycles. The van der Waals surface area contributed by atoms with Gasteiger partial charge in [0.05, 0.1) is 5.92 Å². The number of ketones is 1. The highest BCUT2D eigenvalue weighted by molar-refractivity contribution is 5.96.